The Hall–Kier alpha value is -3.96. The monoisotopic (exact) mass is 597 g/mol. The topological polar surface area (TPSA) is 37.1 Å². The second-order valence-electron chi connectivity index (χ2n) is 9.76. The first kappa shape index (κ1) is 31.0. The third-order valence-corrected chi connectivity index (χ3v) is 6.70. The van der Waals surface area contributed by atoms with E-state index in [1.807, 2.05) is 0 Å². The van der Waals surface area contributed by atoms with Crippen molar-refractivity contribution in [2.75, 3.05) is 0 Å². The number of hydrogen-bond acceptors (Lipinski definition) is 3. The quantitative estimate of drug-likeness (QED) is 0.201. The van der Waals surface area contributed by atoms with E-state index in [1.165, 1.54) is 54.6 Å². The van der Waals surface area contributed by atoms with Crippen LogP contribution in [0.1, 0.15) is 52.6 Å². The molecule has 0 N–H and O–H groups in total. The van der Waals surface area contributed by atoms with E-state index in [9.17, 15) is 39.5 Å². The average Bonchev–Trinajstić information content (AvgIpc) is 2.93. The third-order valence-electron chi connectivity index (χ3n) is 6.70. The fourth-order valence-electron chi connectivity index (χ4n) is 4.76. The van der Waals surface area contributed by atoms with E-state index < -0.39 is 53.3 Å². The minimum absolute atomic E-state index is 0.172. The lowest BCUT2D eigenvalue weighted by Crippen LogP contribution is -2.31. The molecular weight excluding hydrogens is 573 g/mol. The van der Waals surface area contributed by atoms with Crippen molar-refractivity contribution in [2.45, 2.75) is 55.9 Å². The highest BCUT2D eigenvalue weighted by Crippen LogP contribution is 2.34. The summed E-state index contributed by atoms with van der Waals surface area (Å²) in [5, 5.41) is 0. The molecular formula is C30H24F9N3. The van der Waals surface area contributed by atoms with Crippen LogP contribution in [0.25, 0.3) is 0 Å². The van der Waals surface area contributed by atoms with Crippen LogP contribution in [-0.2, 0) is 18.5 Å². The molecule has 0 atom stereocenters. The lowest BCUT2D eigenvalue weighted by atomic mass is 9.87. The Labute approximate surface area is 235 Å². The Kier molecular flexibility index (Phi) is 9.22. The number of rotatable bonds is 6. The zero-order chi connectivity index (χ0) is 30.5. The molecule has 0 amide bonds. The fourth-order valence-corrected chi connectivity index (χ4v) is 4.76. The zero-order valence-electron chi connectivity index (χ0n) is 21.8. The van der Waals surface area contributed by atoms with Crippen molar-refractivity contribution in [3.63, 3.8) is 0 Å². The lowest BCUT2D eigenvalue weighted by molar-refractivity contribution is -0.138. The molecule has 1 aliphatic carbocycles. The van der Waals surface area contributed by atoms with Gasteiger partial charge in [-0.3, -0.25) is 15.0 Å². The minimum Gasteiger partial charge on any atom is -0.289 e. The summed E-state index contributed by atoms with van der Waals surface area (Å²) in [5.74, 6) is 0. The molecule has 3 aromatic rings. The molecule has 3 aromatic carbocycles. The van der Waals surface area contributed by atoms with Crippen LogP contribution in [0.5, 0.6) is 0 Å². The van der Waals surface area contributed by atoms with Gasteiger partial charge in [-0.2, -0.15) is 39.5 Å². The van der Waals surface area contributed by atoms with E-state index in [0.717, 1.165) is 36.8 Å². The van der Waals surface area contributed by atoms with Gasteiger partial charge in [0, 0.05) is 35.3 Å². The predicted octanol–water partition coefficient (Wildman–Crippen LogP) is 8.69. The van der Waals surface area contributed by atoms with Crippen molar-refractivity contribution in [3.05, 3.63) is 106 Å². The molecule has 0 unspecified atom stereocenters. The number of alkyl halides is 9. The first-order valence-electron chi connectivity index (χ1n) is 12.8. The van der Waals surface area contributed by atoms with Crippen molar-refractivity contribution in [2.24, 2.45) is 15.0 Å². The Morgan fingerprint density at radius 2 is 0.667 bits per heavy atom. The van der Waals surface area contributed by atoms with Gasteiger partial charge in [-0.1, -0.05) is 54.6 Å². The molecule has 1 aliphatic rings. The summed E-state index contributed by atoms with van der Waals surface area (Å²) in [7, 11) is 0. The van der Waals surface area contributed by atoms with Gasteiger partial charge < -0.3 is 0 Å². The van der Waals surface area contributed by atoms with Gasteiger partial charge in [0.2, 0.25) is 0 Å². The van der Waals surface area contributed by atoms with Gasteiger partial charge in [0.05, 0.1) is 34.8 Å². The van der Waals surface area contributed by atoms with E-state index in [0.29, 0.717) is 0 Å². The van der Waals surface area contributed by atoms with Gasteiger partial charge in [0.1, 0.15) is 0 Å². The smallest absolute Gasteiger partial charge is 0.289 e. The molecule has 12 heteroatoms. The van der Waals surface area contributed by atoms with Crippen molar-refractivity contribution >= 4 is 18.6 Å². The van der Waals surface area contributed by atoms with Crippen LogP contribution in [0.4, 0.5) is 39.5 Å². The Bertz CT molecular complexity index is 1270. The molecule has 0 aliphatic heterocycles. The summed E-state index contributed by atoms with van der Waals surface area (Å²) in [6.07, 6.45) is -10.0. The van der Waals surface area contributed by atoms with Crippen LogP contribution < -0.4 is 0 Å². The molecule has 42 heavy (non-hydrogen) atoms. The third kappa shape index (κ3) is 8.07. The number of halogens is 9. The van der Waals surface area contributed by atoms with E-state index in [2.05, 4.69) is 15.0 Å². The second kappa shape index (κ2) is 12.5. The van der Waals surface area contributed by atoms with Gasteiger partial charge in [-0.15, -0.1) is 0 Å². The lowest BCUT2D eigenvalue weighted by Gasteiger charge is -2.29. The van der Waals surface area contributed by atoms with Gasteiger partial charge in [-0.05, 0) is 37.5 Å². The van der Waals surface area contributed by atoms with Crippen LogP contribution in [0, 0.1) is 0 Å². The molecule has 0 aromatic heterocycles. The molecule has 0 heterocycles. The average molecular weight is 598 g/mol. The molecule has 3 nitrogen and oxygen atoms in total. The Balaban J connectivity index is 1.63. The highest BCUT2D eigenvalue weighted by molar-refractivity contribution is 5.83. The summed E-state index contributed by atoms with van der Waals surface area (Å²) < 4.78 is 121. The van der Waals surface area contributed by atoms with Crippen molar-refractivity contribution in [1.29, 1.82) is 0 Å². The molecule has 0 bridgehead atoms. The summed E-state index contributed by atoms with van der Waals surface area (Å²) in [5.41, 5.74) is -3.18. The Morgan fingerprint density at radius 1 is 0.429 bits per heavy atom. The molecule has 222 valence electrons. The molecule has 0 radical (unpaired) electrons. The maximum Gasteiger partial charge on any atom is 0.417 e. The van der Waals surface area contributed by atoms with Gasteiger partial charge in [0.25, 0.3) is 0 Å². The molecule has 0 saturated heterocycles. The predicted molar refractivity (Wildman–Crippen MR) is 142 cm³/mol. The summed E-state index contributed by atoms with van der Waals surface area (Å²) in [4.78, 5) is 13.0. The first-order chi connectivity index (χ1) is 19.7. The molecule has 1 saturated carbocycles. The second-order valence-corrected chi connectivity index (χ2v) is 9.76. The van der Waals surface area contributed by atoms with E-state index in [4.69, 9.17) is 0 Å². The van der Waals surface area contributed by atoms with Crippen molar-refractivity contribution in [3.8, 4) is 0 Å². The van der Waals surface area contributed by atoms with Crippen molar-refractivity contribution < 1.29 is 39.5 Å². The van der Waals surface area contributed by atoms with Crippen LogP contribution in [0.2, 0.25) is 0 Å². The number of benzene rings is 3. The largest absolute Gasteiger partial charge is 0.417 e. The van der Waals surface area contributed by atoms with Crippen LogP contribution in [-0.4, -0.2) is 36.8 Å². The number of hydrogen-bond donors (Lipinski definition) is 0. The highest BCUT2D eigenvalue weighted by atomic mass is 19.4. The normalized spacial score (nSPS) is 20.6. The molecule has 4 rings (SSSR count). The zero-order valence-corrected chi connectivity index (χ0v) is 21.8. The van der Waals surface area contributed by atoms with Gasteiger partial charge >= 0.3 is 18.5 Å². The molecule has 0 spiro atoms. The SMILES string of the molecule is FC(F)(F)c1ccccc1C=NC1CC(N=Cc2ccccc2C(F)(F)F)CC(N=Cc2ccccc2C(F)(F)F)C1. The van der Waals surface area contributed by atoms with E-state index >= 15 is 0 Å². The first-order valence-corrected chi connectivity index (χ1v) is 12.8. The molecule has 1 fully saturated rings. The highest BCUT2D eigenvalue weighted by Gasteiger charge is 2.35. The van der Waals surface area contributed by atoms with E-state index in [1.54, 1.807) is 0 Å². The van der Waals surface area contributed by atoms with Gasteiger partial charge in [0.15, 0.2) is 0 Å². The Morgan fingerprint density at radius 3 is 0.905 bits per heavy atom. The van der Waals surface area contributed by atoms with Crippen LogP contribution in [0.15, 0.2) is 87.8 Å². The fraction of sp³-hybridized carbons (Fsp3) is 0.300. The summed E-state index contributed by atoms with van der Waals surface area (Å²) >= 11 is 0. The number of nitrogens with zero attached hydrogens (tertiary/aromatic N) is 3. The maximum atomic E-state index is 13.4. The summed E-state index contributed by atoms with van der Waals surface area (Å²) in [6, 6.07) is 12.6. The van der Waals surface area contributed by atoms with Gasteiger partial charge in [-0.25, -0.2) is 0 Å². The minimum atomic E-state index is -4.62. The standard InChI is InChI=1S/C30H24F9N3/c31-28(32,33)25-10-4-1-7-19(25)16-40-22-13-23(41-17-20-8-2-5-11-26(20)29(34,35)36)15-24(14-22)42-18-21-9-3-6-12-27(21)30(37,38)39/h1-12,16-18,22-24H,13-15H2. The van der Waals surface area contributed by atoms with Crippen LogP contribution in [0.3, 0.4) is 0 Å². The van der Waals surface area contributed by atoms with E-state index in [-0.39, 0.29) is 36.0 Å². The summed E-state index contributed by atoms with van der Waals surface area (Å²) in [6.45, 7) is 0. The number of aliphatic imine (C=N–C) groups is 3. The maximum absolute atomic E-state index is 13.4. The van der Waals surface area contributed by atoms with Crippen molar-refractivity contribution in [1.82, 2.24) is 0 Å². The van der Waals surface area contributed by atoms with Crippen LogP contribution >= 0.6 is 0 Å².